The van der Waals surface area contributed by atoms with E-state index >= 15 is 0 Å². The number of aliphatic hydroxyl groups is 2. The summed E-state index contributed by atoms with van der Waals surface area (Å²) in [6.45, 7) is 4.17. The van der Waals surface area contributed by atoms with E-state index in [2.05, 4.69) is 17.2 Å². The minimum absolute atomic E-state index is 0.0772. The van der Waals surface area contributed by atoms with Crippen LogP contribution in [-0.2, 0) is 35.6 Å². The largest absolute Gasteiger partial charge is 0.489 e. The number of benzene rings is 4. The first-order valence-corrected chi connectivity index (χ1v) is 15.9. The predicted molar refractivity (Wildman–Crippen MR) is 183 cm³/mol. The van der Waals surface area contributed by atoms with Crippen molar-refractivity contribution in [3.63, 3.8) is 0 Å². The molecule has 4 aromatic carbocycles. The number of amides is 2. The lowest BCUT2D eigenvalue weighted by atomic mass is 9.98. The second kappa shape index (κ2) is 18.9. The molecule has 246 valence electrons. The number of aliphatic hydroxyl groups excluding tert-OH is 2. The van der Waals surface area contributed by atoms with Gasteiger partial charge in [0.25, 0.3) is 0 Å². The van der Waals surface area contributed by atoms with Crippen LogP contribution in [0.5, 0.6) is 11.5 Å². The van der Waals surface area contributed by atoms with Gasteiger partial charge in [-0.25, -0.2) is 0 Å². The van der Waals surface area contributed by atoms with Gasteiger partial charge in [0.05, 0.1) is 31.2 Å². The minimum Gasteiger partial charge on any atom is -0.489 e. The van der Waals surface area contributed by atoms with Gasteiger partial charge in [0.2, 0.25) is 11.8 Å². The molecule has 0 saturated carbocycles. The van der Waals surface area contributed by atoms with Crippen molar-refractivity contribution in [2.75, 3.05) is 13.2 Å². The summed E-state index contributed by atoms with van der Waals surface area (Å²) in [5, 5.41) is 25.7. The van der Waals surface area contributed by atoms with Gasteiger partial charge in [0.1, 0.15) is 24.7 Å². The van der Waals surface area contributed by atoms with E-state index in [9.17, 15) is 19.8 Å². The molecule has 0 bridgehead atoms. The standard InChI is InChI=1S/C39H44N2O6/c1-2-9-33(39(45)41-35(26-43)23-30-16-20-37(21-17-30)47-28-32-12-7-4-8-13-32)24-38(44)40-34(25-42)22-29-14-18-36(19-15-29)46-27-31-10-5-3-6-11-31/h2-8,10-21,33-35,42-43H,1,9,22-28H2,(H,40,44)(H,41,45). The van der Waals surface area contributed by atoms with Crippen LogP contribution < -0.4 is 20.1 Å². The molecule has 0 fully saturated rings. The summed E-state index contributed by atoms with van der Waals surface area (Å²) in [5.41, 5.74) is 4.00. The Morgan fingerprint density at radius 3 is 1.51 bits per heavy atom. The highest BCUT2D eigenvalue weighted by Gasteiger charge is 2.24. The van der Waals surface area contributed by atoms with Gasteiger partial charge in [0, 0.05) is 6.42 Å². The first-order valence-electron chi connectivity index (χ1n) is 15.9. The van der Waals surface area contributed by atoms with Crippen LogP contribution >= 0.6 is 0 Å². The van der Waals surface area contributed by atoms with E-state index in [1.54, 1.807) is 6.08 Å². The van der Waals surface area contributed by atoms with Gasteiger partial charge in [-0.2, -0.15) is 0 Å². The van der Waals surface area contributed by atoms with Crippen LogP contribution in [0.25, 0.3) is 0 Å². The number of nitrogens with one attached hydrogen (secondary N) is 2. The molecule has 0 saturated heterocycles. The number of ether oxygens (including phenoxy) is 2. The summed E-state index contributed by atoms with van der Waals surface area (Å²) in [4.78, 5) is 26.2. The second-order valence-corrected chi connectivity index (χ2v) is 11.5. The van der Waals surface area contributed by atoms with E-state index < -0.39 is 18.0 Å². The summed E-state index contributed by atoms with van der Waals surface area (Å²) < 4.78 is 11.7. The van der Waals surface area contributed by atoms with Crippen molar-refractivity contribution in [1.29, 1.82) is 0 Å². The van der Waals surface area contributed by atoms with Crippen LogP contribution in [0.4, 0.5) is 0 Å². The van der Waals surface area contributed by atoms with E-state index in [-0.39, 0.29) is 31.4 Å². The lowest BCUT2D eigenvalue weighted by Crippen LogP contribution is -2.45. The molecule has 3 unspecified atom stereocenters. The fourth-order valence-corrected chi connectivity index (χ4v) is 5.13. The van der Waals surface area contributed by atoms with Crippen molar-refractivity contribution in [1.82, 2.24) is 10.6 Å². The zero-order chi connectivity index (χ0) is 33.3. The monoisotopic (exact) mass is 636 g/mol. The molecular formula is C39H44N2O6. The predicted octanol–water partition coefficient (Wildman–Crippen LogP) is 5.17. The molecule has 0 spiro atoms. The third kappa shape index (κ3) is 12.1. The number of carbonyl (C=O) groups is 2. The molecule has 0 aliphatic carbocycles. The first-order chi connectivity index (χ1) is 22.9. The molecule has 0 heterocycles. The van der Waals surface area contributed by atoms with Crippen LogP contribution in [0.2, 0.25) is 0 Å². The number of allylic oxidation sites excluding steroid dienone is 1. The normalized spacial score (nSPS) is 12.7. The highest BCUT2D eigenvalue weighted by Crippen LogP contribution is 2.18. The Hall–Kier alpha value is -4.92. The van der Waals surface area contributed by atoms with Crippen LogP contribution in [0.15, 0.2) is 122 Å². The van der Waals surface area contributed by atoms with Crippen LogP contribution in [0, 0.1) is 5.92 Å². The fraction of sp³-hybridized carbons (Fsp3) is 0.282. The van der Waals surface area contributed by atoms with Gasteiger partial charge in [-0.1, -0.05) is 91.0 Å². The van der Waals surface area contributed by atoms with E-state index in [0.717, 1.165) is 33.8 Å². The van der Waals surface area contributed by atoms with Crippen LogP contribution in [-0.4, -0.2) is 47.3 Å². The average Bonchev–Trinajstić information content (AvgIpc) is 3.11. The number of rotatable bonds is 19. The average molecular weight is 637 g/mol. The maximum atomic E-state index is 13.2. The summed E-state index contributed by atoms with van der Waals surface area (Å²) in [5.74, 6) is 0.0987. The second-order valence-electron chi connectivity index (χ2n) is 11.5. The zero-order valence-corrected chi connectivity index (χ0v) is 26.6. The molecule has 3 atom stereocenters. The Kier molecular flexibility index (Phi) is 14.1. The third-order valence-electron chi connectivity index (χ3n) is 7.71. The summed E-state index contributed by atoms with van der Waals surface area (Å²) >= 11 is 0. The van der Waals surface area contributed by atoms with Crippen molar-refractivity contribution >= 4 is 11.8 Å². The molecule has 0 aliphatic rings. The number of hydrogen-bond acceptors (Lipinski definition) is 6. The molecule has 4 rings (SSSR count). The van der Waals surface area contributed by atoms with Crippen molar-refractivity contribution < 1.29 is 29.3 Å². The first kappa shape index (κ1) is 34.9. The molecule has 2 amide bonds. The van der Waals surface area contributed by atoms with Gasteiger partial charge in [-0.15, -0.1) is 6.58 Å². The summed E-state index contributed by atoms with van der Waals surface area (Å²) in [6.07, 6.45) is 2.65. The molecule has 8 heteroatoms. The van der Waals surface area contributed by atoms with E-state index in [4.69, 9.17) is 9.47 Å². The maximum Gasteiger partial charge on any atom is 0.224 e. The van der Waals surface area contributed by atoms with Crippen LogP contribution in [0.3, 0.4) is 0 Å². The Bertz CT molecular complexity index is 1510. The lowest BCUT2D eigenvalue weighted by molar-refractivity contribution is -0.131. The van der Waals surface area contributed by atoms with E-state index in [0.29, 0.717) is 32.5 Å². The van der Waals surface area contributed by atoms with Crippen molar-refractivity contribution in [3.05, 3.63) is 144 Å². The molecule has 8 nitrogen and oxygen atoms in total. The van der Waals surface area contributed by atoms with E-state index in [1.807, 2.05) is 109 Å². The van der Waals surface area contributed by atoms with Gasteiger partial charge in [-0.05, 0) is 65.8 Å². The number of carbonyl (C=O) groups excluding carboxylic acids is 2. The molecule has 4 N–H and O–H groups in total. The number of hydrogen-bond donors (Lipinski definition) is 4. The van der Waals surface area contributed by atoms with Crippen molar-refractivity contribution in [2.24, 2.45) is 5.92 Å². The highest BCUT2D eigenvalue weighted by molar-refractivity contribution is 5.86. The van der Waals surface area contributed by atoms with Gasteiger partial charge in [0.15, 0.2) is 0 Å². The third-order valence-corrected chi connectivity index (χ3v) is 7.71. The Morgan fingerprint density at radius 1 is 0.638 bits per heavy atom. The molecule has 0 aromatic heterocycles. The SMILES string of the molecule is C=CCC(CC(=O)NC(CO)Cc1ccc(OCc2ccccc2)cc1)C(=O)NC(CO)Cc1ccc(OCc2ccccc2)cc1. The zero-order valence-electron chi connectivity index (χ0n) is 26.6. The van der Waals surface area contributed by atoms with Crippen molar-refractivity contribution in [2.45, 2.75) is 51.0 Å². The van der Waals surface area contributed by atoms with E-state index in [1.165, 1.54) is 0 Å². The smallest absolute Gasteiger partial charge is 0.224 e. The molecule has 0 aliphatic heterocycles. The van der Waals surface area contributed by atoms with Crippen molar-refractivity contribution in [3.8, 4) is 11.5 Å². The topological polar surface area (TPSA) is 117 Å². The fourth-order valence-electron chi connectivity index (χ4n) is 5.13. The summed E-state index contributed by atoms with van der Waals surface area (Å²) in [6, 6.07) is 33.8. The molecule has 4 aromatic rings. The maximum absolute atomic E-state index is 13.2. The Labute approximate surface area is 277 Å². The van der Waals surface area contributed by atoms with Gasteiger partial charge in [-0.3, -0.25) is 9.59 Å². The molecular weight excluding hydrogens is 592 g/mol. The molecule has 0 radical (unpaired) electrons. The lowest BCUT2D eigenvalue weighted by Gasteiger charge is -2.22. The highest BCUT2D eigenvalue weighted by atomic mass is 16.5. The summed E-state index contributed by atoms with van der Waals surface area (Å²) in [7, 11) is 0. The Morgan fingerprint density at radius 2 is 1.09 bits per heavy atom. The Balaban J connectivity index is 1.24. The van der Waals surface area contributed by atoms with Gasteiger partial charge >= 0.3 is 0 Å². The quantitative estimate of drug-likeness (QED) is 0.106. The minimum atomic E-state index is -0.671. The molecule has 47 heavy (non-hydrogen) atoms. The van der Waals surface area contributed by atoms with Gasteiger partial charge < -0.3 is 30.3 Å². The van der Waals surface area contributed by atoms with Crippen LogP contribution in [0.1, 0.15) is 35.1 Å².